The number of rotatable bonds is 12. The second-order valence-corrected chi connectivity index (χ2v) is 4.95. The van der Waals surface area contributed by atoms with Crippen molar-refractivity contribution in [2.24, 2.45) is 5.73 Å². The lowest BCUT2D eigenvalue weighted by Gasteiger charge is -2.06. The van der Waals surface area contributed by atoms with Gasteiger partial charge in [-0.15, -0.1) is 0 Å². The zero-order valence-corrected chi connectivity index (χ0v) is 13.7. The van der Waals surface area contributed by atoms with E-state index in [9.17, 15) is 4.79 Å². The van der Waals surface area contributed by atoms with Crippen LogP contribution in [-0.4, -0.2) is 42.2 Å². The van der Waals surface area contributed by atoms with E-state index in [0.29, 0.717) is 19.6 Å². The molecular formula is C15H32N2O5. The molecule has 0 fully saturated rings. The molecule has 0 aliphatic heterocycles. The molecule has 0 radical (unpaired) electrons. The molecule has 7 nitrogen and oxygen atoms in total. The molecule has 0 bridgehead atoms. The van der Waals surface area contributed by atoms with Crippen LogP contribution in [0, 0.1) is 0 Å². The third kappa shape index (κ3) is 26.9. The van der Waals surface area contributed by atoms with E-state index in [1.807, 2.05) is 0 Å². The summed E-state index contributed by atoms with van der Waals surface area (Å²) in [5, 5.41) is 18.3. The molecule has 0 saturated carbocycles. The highest BCUT2D eigenvalue weighted by Crippen LogP contribution is 2.08. The van der Waals surface area contributed by atoms with Gasteiger partial charge >= 0.3 is 12.2 Å². The minimum Gasteiger partial charge on any atom is -0.465 e. The SMILES string of the molecule is CCCCCCCCCCOC(=O)NCCCO.NC(=O)O. The van der Waals surface area contributed by atoms with E-state index in [0.717, 1.165) is 12.8 Å². The van der Waals surface area contributed by atoms with E-state index in [1.165, 1.54) is 38.5 Å². The van der Waals surface area contributed by atoms with E-state index in [1.54, 1.807) is 0 Å². The summed E-state index contributed by atoms with van der Waals surface area (Å²) in [4.78, 5) is 19.9. The van der Waals surface area contributed by atoms with Crippen LogP contribution >= 0.6 is 0 Å². The van der Waals surface area contributed by atoms with Crippen molar-refractivity contribution in [2.45, 2.75) is 64.7 Å². The number of carboxylic acid groups (broad SMARTS) is 1. The predicted octanol–water partition coefficient (Wildman–Crippen LogP) is 2.86. The largest absolute Gasteiger partial charge is 0.465 e. The van der Waals surface area contributed by atoms with Crippen LogP contribution in [0.3, 0.4) is 0 Å². The number of hydrogen-bond donors (Lipinski definition) is 4. The Morgan fingerprint density at radius 1 is 1.00 bits per heavy atom. The van der Waals surface area contributed by atoms with Crippen molar-refractivity contribution in [3.63, 3.8) is 0 Å². The fourth-order valence-electron chi connectivity index (χ4n) is 1.72. The molecule has 0 heterocycles. The van der Waals surface area contributed by atoms with Crippen molar-refractivity contribution < 1.29 is 24.5 Å². The van der Waals surface area contributed by atoms with Crippen molar-refractivity contribution in [1.29, 1.82) is 0 Å². The summed E-state index contributed by atoms with van der Waals surface area (Å²) < 4.78 is 5.00. The zero-order valence-electron chi connectivity index (χ0n) is 13.7. The molecule has 0 unspecified atom stereocenters. The number of nitrogens with two attached hydrogens (primary N) is 1. The Morgan fingerprint density at radius 2 is 1.50 bits per heavy atom. The van der Waals surface area contributed by atoms with E-state index in [2.05, 4.69) is 18.0 Å². The van der Waals surface area contributed by atoms with Gasteiger partial charge in [0, 0.05) is 13.2 Å². The maximum Gasteiger partial charge on any atom is 0.407 e. The zero-order chi connectivity index (χ0) is 17.1. The predicted molar refractivity (Wildman–Crippen MR) is 85.9 cm³/mol. The Morgan fingerprint density at radius 3 is 2.00 bits per heavy atom. The molecule has 0 aromatic heterocycles. The Hall–Kier alpha value is -1.50. The number of carbonyl (C=O) groups is 2. The molecule has 0 aromatic rings. The minimum absolute atomic E-state index is 0.0955. The highest BCUT2D eigenvalue weighted by atomic mass is 16.5. The van der Waals surface area contributed by atoms with E-state index in [-0.39, 0.29) is 12.7 Å². The molecule has 2 amide bonds. The lowest BCUT2D eigenvalue weighted by molar-refractivity contribution is 0.143. The van der Waals surface area contributed by atoms with Crippen molar-refractivity contribution in [2.75, 3.05) is 19.8 Å². The second kappa shape index (κ2) is 19.5. The summed E-state index contributed by atoms with van der Waals surface area (Å²) >= 11 is 0. The number of hydrogen-bond acceptors (Lipinski definition) is 4. The Balaban J connectivity index is 0. The van der Waals surface area contributed by atoms with Gasteiger partial charge in [0.1, 0.15) is 0 Å². The van der Waals surface area contributed by atoms with Gasteiger partial charge in [-0.25, -0.2) is 9.59 Å². The van der Waals surface area contributed by atoms with Crippen LogP contribution in [0.5, 0.6) is 0 Å². The minimum atomic E-state index is -1.33. The van der Waals surface area contributed by atoms with Crippen LogP contribution in [0.2, 0.25) is 0 Å². The Bertz CT molecular complexity index is 258. The number of aliphatic hydroxyl groups is 1. The van der Waals surface area contributed by atoms with Gasteiger partial charge in [-0.2, -0.15) is 0 Å². The average Bonchev–Trinajstić information content (AvgIpc) is 2.45. The number of nitrogens with one attached hydrogen (secondary N) is 1. The molecule has 0 aromatic carbocycles. The third-order valence-corrected chi connectivity index (χ3v) is 2.84. The smallest absolute Gasteiger partial charge is 0.407 e. The molecule has 132 valence electrons. The first-order chi connectivity index (χ1) is 10.5. The van der Waals surface area contributed by atoms with Gasteiger partial charge in [0.05, 0.1) is 6.61 Å². The monoisotopic (exact) mass is 320 g/mol. The van der Waals surface area contributed by atoms with Crippen molar-refractivity contribution >= 4 is 12.2 Å². The molecular weight excluding hydrogens is 288 g/mol. The summed E-state index contributed by atoms with van der Waals surface area (Å²) in [7, 11) is 0. The van der Waals surface area contributed by atoms with Crippen molar-refractivity contribution in [1.82, 2.24) is 5.32 Å². The molecule has 0 rings (SSSR count). The lowest BCUT2D eigenvalue weighted by atomic mass is 10.1. The third-order valence-electron chi connectivity index (χ3n) is 2.84. The highest BCUT2D eigenvalue weighted by molar-refractivity contribution is 5.66. The fourth-order valence-corrected chi connectivity index (χ4v) is 1.72. The summed E-state index contributed by atoms with van der Waals surface area (Å²) in [5.74, 6) is 0. The van der Waals surface area contributed by atoms with E-state index >= 15 is 0 Å². The van der Waals surface area contributed by atoms with Gasteiger partial charge in [-0.3, -0.25) is 0 Å². The van der Waals surface area contributed by atoms with Gasteiger partial charge in [-0.1, -0.05) is 51.9 Å². The molecule has 5 N–H and O–H groups in total. The first-order valence-corrected chi connectivity index (χ1v) is 8.04. The first-order valence-electron chi connectivity index (χ1n) is 8.04. The number of aliphatic hydroxyl groups excluding tert-OH is 1. The lowest BCUT2D eigenvalue weighted by Crippen LogP contribution is -2.26. The van der Waals surface area contributed by atoms with E-state index < -0.39 is 6.09 Å². The Kier molecular flexibility index (Phi) is 20.2. The van der Waals surface area contributed by atoms with Crippen molar-refractivity contribution in [3.8, 4) is 0 Å². The standard InChI is InChI=1S/C14H29NO3.CH3NO2/c1-2-3-4-5-6-7-8-9-13-18-14(17)15-11-10-12-16;2-1(3)4/h16H,2-13H2,1H3,(H,15,17);2H2,(H,3,4). The van der Waals surface area contributed by atoms with Crippen LogP contribution in [0.4, 0.5) is 9.59 Å². The van der Waals surface area contributed by atoms with Crippen molar-refractivity contribution in [3.05, 3.63) is 0 Å². The molecule has 0 spiro atoms. The highest BCUT2D eigenvalue weighted by Gasteiger charge is 1.99. The topological polar surface area (TPSA) is 122 Å². The maximum absolute atomic E-state index is 11.1. The van der Waals surface area contributed by atoms with Crippen LogP contribution in [-0.2, 0) is 4.74 Å². The summed E-state index contributed by atoms with van der Waals surface area (Å²) in [6, 6.07) is 0. The molecule has 0 aliphatic rings. The van der Waals surface area contributed by atoms with Crippen LogP contribution in [0.15, 0.2) is 0 Å². The van der Waals surface area contributed by atoms with Gasteiger partial charge in [0.15, 0.2) is 0 Å². The molecule has 7 heteroatoms. The number of alkyl carbamates (subject to hydrolysis) is 1. The summed E-state index contributed by atoms with van der Waals surface area (Å²) in [6.07, 6.45) is 8.80. The van der Waals surface area contributed by atoms with Gasteiger partial charge in [-0.05, 0) is 12.8 Å². The normalized spacial score (nSPS) is 9.55. The fraction of sp³-hybridized carbons (Fsp3) is 0.867. The number of unbranched alkanes of at least 4 members (excludes halogenated alkanes) is 7. The van der Waals surface area contributed by atoms with Gasteiger partial charge in [0.25, 0.3) is 0 Å². The van der Waals surface area contributed by atoms with E-state index in [4.69, 9.17) is 19.7 Å². The molecule has 0 saturated heterocycles. The van der Waals surface area contributed by atoms with Gasteiger partial charge < -0.3 is 26.0 Å². The molecule has 0 aliphatic carbocycles. The van der Waals surface area contributed by atoms with Gasteiger partial charge in [0.2, 0.25) is 0 Å². The first kappa shape index (κ1) is 22.8. The summed E-state index contributed by atoms with van der Waals surface area (Å²) in [6.45, 7) is 3.30. The number of primary amides is 1. The molecule has 22 heavy (non-hydrogen) atoms. The maximum atomic E-state index is 11.1. The number of ether oxygens (including phenoxy) is 1. The van der Waals surface area contributed by atoms with Crippen LogP contribution < -0.4 is 11.1 Å². The molecule has 0 atom stereocenters. The average molecular weight is 320 g/mol. The second-order valence-electron chi connectivity index (χ2n) is 4.95. The van der Waals surface area contributed by atoms with Crippen LogP contribution in [0.25, 0.3) is 0 Å². The number of amides is 2. The van der Waals surface area contributed by atoms with Crippen LogP contribution in [0.1, 0.15) is 64.7 Å². The Labute approximate surface area is 133 Å². The quantitative estimate of drug-likeness (QED) is 0.412. The number of carbonyl (C=O) groups excluding carboxylic acids is 1. The summed E-state index contributed by atoms with van der Waals surface area (Å²) in [5.41, 5.74) is 4.03.